The molecule has 1 aromatic rings. The van der Waals surface area contributed by atoms with E-state index in [2.05, 4.69) is 21.3 Å². The lowest BCUT2D eigenvalue weighted by atomic mass is 9.98. The average Bonchev–Trinajstić information content (AvgIpc) is 2.98. The molecule has 0 bridgehead atoms. The van der Waals surface area contributed by atoms with Crippen molar-refractivity contribution in [2.75, 3.05) is 26.7 Å². The summed E-state index contributed by atoms with van der Waals surface area (Å²) in [6, 6.07) is 7.50. The summed E-state index contributed by atoms with van der Waals surface area (Å²) in [5, 5.41) is 18.5. The van der Waals surface area contributed by atoms with Gasteiger partial charge in [-0.3, -0.25) is 33.6 Å². The molecule has 244 valence electrons. The molecule has 0 saturated carbocycles. The first-order valence-corrected chi connectivity index (χ1v) is 15.5. The third-order valence-corrected chi connectivity index (χ3v) is 7.60. The summed E-state index contributed by atoms with van der Waals surface area (Å²) in [4.78, 5) is 87.2. The van der Waals surface area contributed by atoms with Crippen LogP contribution in [0.15, 0.2) is 30.3 Å². The molecule has 3 atom stereocenters. The Kier molecular flexibility index (Phi) is 17.4. The van der Waals surface area contributed by atoms with Crippen LogP contribution < -0.4 is 21.3 Å². The fraction of sp³-hybridized carbons (Fsp3) is 0.567. The maximum absolute atomic E-state index is 12.9. The Morgan fingerprint density at radius 1 is 0.864 bits per heavy atom. The number of thioether (sulfide) groups is 1. The number of carboxylic acid groups (broad SMARTS) is 1. The minimum atomic E-state index is -1.22. The molecule has 0 heterocycles. The number of benzene rings is 1. The number of aliphatic carboxylic acids is 1. The molecule has 5 N–H and O–H groups in total. The fourth-order valence-electron chi connectivity index (χ4n) is 3.95. The van der Waals surface area contributed by atoms with Gasteiger partial charge < -0.3 is 31.3 Å². The Morgan fingerprint density at radius 3 is 2.09 bits per heavy atom. The second kappa shape index (κ2) is 20.1. The van der Waals surface area contributed by atoms with Crippen molar-refractivity contribution in [1.29, 1.82) is 0 Å². The van der Waals surface area contributed by atoms with Crippen molar-refractivity contribution in [3.63, 3.8) is 0 Å². The fourth-order valence-corrected chi connectivity index (χ4v) is 4.71. The molecule has 1 rings (SSSR count). The minimum absolute atomic E-state index is 0.00588. The number of rotatable bonds is 19. The molecule has 1 aromatic carbocycles. The monoisotopic (exact) mass is 635 g/mol. The largest absolute Gasteiger partial charge is 0.480 e. The summed E-state index contributed by atoms with van der Waals surface area (Å²) < 4.78 is 0. The Labute approximate surface area is 262 Å². The topological polar surface area (TPSA) is 191 Å². The van der Waals surface area contributed by atoms with Gasteiger partial charge in [-0.25, -0.2) is 0 Å². The van der Waals surface area contributed by atoms with Crippen molar-refractivity contribution in [2.45, 2.75) is 71.2 Å². The first kappa shape index (κ1) is 38.1. The molecule has 0 spiro atoms. The Morgan fingerprint density at radius 2 is 1.50 bits per heavy atom. The van der Waals surface area contributed by atoms with Crippen LogP contribution in [0.4, 0.5) is 0 Å². The van der Waals surface area contributed by atoms with E-state index in [1.807, 2.05) is 51.1 Å². The van der Waals surface area contributed by atoms with E-state index < -0.39 is 60.7 Å². The van der Waals surface area contributed by atoms with Crippen molar-refractivity contribution >= 4 is 52.4 Å². The van der Waals surface area contributed by atoms with Gasteiger partial charge in [0.05, 0.1) is 13.1 Å². The molecule has 0 radical (unpaired) electrons. The SMILES string of the molecule is CC[C@H](C)[C@H](NC(=O)CNC(=O)[C@H](CC(C)C)NC(=O)CN(C)C(=O)CCC(=O)SCc1ccccc1)C(=O)NCC(=O)O. The van der Waals surface area contributed by atoms with E-state index in [-0.39, 0.29) is 42.8 Å². The highest BCUT2D eigenvalue weighted by Gasteiger charge is 2.28. The Bertz CT molecular complexity index is 1150. The number of hydrogen-bond donors (Lipinski definition) is 5. The average molecular weight is 636 g/mol. The summed E-state index contributed by atoms with van der Waals surface area (Å²) in [6.07, 6.45) is 0.765. The highest BCUT2D eigenvalue weighted by Crippen LogP contribution is 2.15. The van der Waals surface area contributed by atoms with Crippen molar-refractivity contribution < 1.29 is 38.7 Å². The van der Waals surface area contributed by atoms with Gasteiger partial charge in [0.2, 0.25) is 29.5 Å². The number of nitrogens with zero attached hydrogens (tertiary/aromatic N) is 1. The first-order valence-electron chi connectivity index (χ1n) is 14.5. The van der Waals surface area contributed by atoms with Crippen LogP contribution in [0.3, 0.4) is 0 Å². The zero-order valence-electron chi connectivity index (χ0n) is 26.0. The van der Waals surface area contributed by atoms with Crippen LogP contribution in [0.25, 0.3) is 0 Å². The van der Waals surface area contributed by atoms with Crippen LogP contribution in [0.5, 0.6) is 0 Å². The zero-order valence-corrected chi connectivity index (χ0v) is 26.8. The molecule has 0 aromatic heterocycles. The third kappa shape index (κ3) is 15.5. The van der Waals surface area contributed by atoms with E-state index >= 15 is 0 Å². The highest BCUT2D eigenvalue weighted by atomic mass is 32.2. The quantitative estimate of drug-likeness (QED) is 0.148. The van der Waals surface area contributed by atoms with Crippen LogP contribution in [0, 0.1) is 11.8 Å². The number of amides is 5. The molecular weight excluding hydrogens is 590 g/mol. The molecule has 0 unspecified atom stereocenters. The summed E-state index contributed by atoms with van der Waals surface area (Å²) >= 11 is 1.13. The number of carboxylic acids is 1. The van der Waals surface area contributed by atoms with Crippen LogP contribution in [0.1, 0.15) is 58.9 Å². The molecule has 14 heteroatoms. The summed E-state index contributed by atoms with van der Waals surface area (Å²) in [7, 11) is 1.44. The number of carbonyl (C=O) groups excluding carboxylic acids is 6. The van der Waals surface area contributed by atoms with E-state index in [9.17, 15) is 33.6 Å². The molecule has 5 amide bonds. The van der Waals surface area contributed by atoms with Crippen LogP contribution in [-0.2, 0) is 39.3 Å². The molecule has 0 aliphatic rings. The van der Waals surface area contributed by atoms with Crippen LogP contribution in [0.2, 0.25) is 0 Å². The van der Waals surface area contributed by atoms with Gasteiger partial charge in [0.15, 0.2) is 5.12 Å². The lowest BCUT2D eigenvalue weighted by molar-refractivity contribution is -0.138. The molecule has 13 nitrogen and oxygen atoms in total. The predicted molar refractivity (Wildman–Crippen MR) is 166 cm³/mol. The van der Waals surface area contributed by atoms with Crippen molar-refractivity contribution in [3.8, 4) is 0 Å². The predicted octanol–water partition coefficient (Wildman–Crippen LogP) is 1.06. The van der Waals surface area contributed by atoms with Crippen molar-refractivity contribution in [3.05, 3.63) is 35.9 Å². The standard InChI is InChI=1S/C30H45N5O8S/c1-6-20(4)28(30(43)32-16-26(39)40)34-23(36)15-31-29(42)22(14-19(2)3)33-24(37)17-35(5)25(38)12-13-27(41)44-18-21-10-8-7-9-11-21/h7-11,19-20,22,28H,6,12-18H2,1-5H3,(H,31,42)(H,32,43)(H,33,37)(H,34,36)(H,39,40)/t20-,22-,28-/m0/s1. The maximum Gasteiger partial charge on any atom is 0.322 e. The molecule has 44 heavy (non-hydrogen) atoms. The molecular formula is C30H45N5O8S. The van der Waals surface area contributed by atoms with E-state index in [0.29, 0.717) is 12.2 Å². The van der Waals surface area contributed by atoms with Gasteiger partial charge in [0.25, 0.3) is 0 Å². The third-order valence-electron chi connectivity index (χ3n) is 6.60. The van der Waals surface area contributed by atoms with E-state index in [0.717, 1.165) is 17.3 Å². The molecule has 0 saturated heterocycles. The Balaban J connectivity index is 2.61. The van der Waals surface area contributed by atoms with Crippen molar-refractivity contribution in [2.24, 2.45) is 11.8 Å². The number of carbonyl (C=O) groups is 7. The second-order valence-corrected chi connectivity index (χ2v) is 11.9. The lowest BCUT2D eigenvalue weighted by Crippen LogP contribution is -2.55. The molecule has 0 aliphatic heterocycles. The minimum Gasteiger partial charge on any atom is -0.480 e. The molecule has 0 aliphatic carbocycles. The highest BCUT2D eigenvalue weighted by molar-refractivity contribution is 8.12. The summed E-state index contributed by atoms with van der Waals surface area (Å²) in [6.45, 7) is 5.85. The number of hydrogen-bond acceptors (Lipinski definition) is 8. The summed E-state index contributed by atoms with van der Waals surface area (Å²) in [5.74, 6) is -3.92. The lowest BCUT2D eigenvalue weighted by Gasteiger charge is -2.24. The van der Waals surface area contributed by atoms with Gasteiger partial charge >= 0.3 is 5.97 Å². The van der Waals surface area contributed by atoms with Gasteiger partial charge in [-0.15, -0.1) is 0 Å². The normalized spacial score (nSPS) is 12.8. The van der Waals surface area contributed by atoms with Gasteiger partial charge in [0.1, 0.15) is 18.6 Å². The van der Waals surface area contributed by atoms with Gasteiger partial charge in [-0.05, 0) is 23.8 Å². The van der Waals surface area contributed by atoms with Crippen LogP contribution >= 0.6 is 11.8 Å². The van der Waals surface area contributed by atoms with Gasteiger partial charge in [0, 0.05) is 25.6 Å². The van der Waals surface area contributed by atoms with Gasteiger partial charge in [-0.1, -0.05) is 76.2 Å². The first-order chi connectivity index (χ1) is 20.7. The van der Waals surface area contributed by atoms with E-state index in [1.54, 1.807) is 6.92 Å². The van der Waals surface area contributed by atoms with E-state index in [1.165, 1.54) is 11.9 Å². The van der Waals surface area contributed by atoms with Crippen LogP contribution in [-0.4, -0.2) is 89.4 Å². The molecule has 0 fully saturated rings. The van der Waals surface area contributed by atoms with Crippen molar-refractivity contribution in [1.82, 2.24) is 26.2 Å². The number of nitrogens with one attached hydrogen (secondary N) is 4. The van der Waals surface area contributed by atoms with E-state index in [4.69, 9.17) is 5.11 Å². The number of likely N-dealkylation sites (N-methyl/N-ethyl adjacent to an activating group) is 1. The second-order valence-electron chi connectivity index (χ2n) is 10.9. The zero-order chi connectivity index (χ0) is 33.2. The Hall–Kier alpha value is -3.94. The van der Waals surface area contributed by atoms with Gasteiger partial charge in [-0.2, -0.15) is 0 Å². The smallest absolute Gasteiger partial charge is 0.322 e. The summed E-state index contributed by atoms with van der Waals surface area (Å²) in [5.41, 5.74) is 1.00. The maximum atomic E-state index is 12.9.